The molecule has 1 heterocycles. The summed E-state index contributed by atoms with van der Waals surface area (Å²) in [6.45, 7) is 4.92. The van der Waals surface area contributed by atoms with Crippen LogP contribution in [0.1, 0.15) is 31.7 Å². The molecule has 0 spiro atoms. The Morgan fingerprint density at radius 3 is 2.61 bits per heavy atom. The van der Waals surface area contributed by atoms with Crippen molar-refractivity contribution in [2.75, 3.05) is 41.0 Å². The highest BCUT2D eigenvalue weighted by molar-refractivity contribution is 5.80. The first-order valence-electron chi connectivity index (χ1n) is 9.63. The summed E-state index contributed by atoms with van der Waals surface area (Å²) in [7, 11) is 4.79. The standard InChI is InChI=1S/C20H32N4O4/c1-5-22-20(24-10-6-7-14(13-24)11-17(21)25)23-12-15-8-9-16(26-2)19(28-4)18(15)27-3/h8-9,14H,5-7,10-13H2,1-4H3,(H2,21,25)(H,22,23). The van der Waals surface area contributed by atoms with Gasteiger partial charge in [0.2, 0.25) is 11.7 Å². The summed E-state index contributed by atoms with van der Waals surface area (Å²) in [5, 5.41) is 3.35. The summed E-state index contributed by atoms with van der Waals surface area (Å²) in [5.74, 6) is 2.64. The molecule has 156 valence electrons. The van der Waals surface area contributed by atoms with Crippen LogP contribution in [0.5, 0.6) is 17.2 Å². The number of nitrogens with zero attached hydrogens (tertiary/aromatic N) is 2. The second-order valence-corrected chi connectivity index (χ2v) is 6.79. The number of benzene rings is 1. The molecule has 1 saturated heterocycles. The molecule has 0 aromatic heterocycles. The molecule has 1 unspecified atom stereocenters. The molecular formula is C20H32N4O4. The fourth-order valence-corrected chi connectivity index (χ4v) is 3.58. The zero-order chi connectivity index (χ0) is 20.5. The van der Waals surface area contributed by atoms with E-state index < -0.39 is 0 Å². The lowest BCUT2D eigenvalue weighted by molar-refractivity contribution is -0.119. The van der Waals surface area contributed by atoms with Crippen LogP contribution in [0.3, 0.4) is 0 Å². The van der Waals surface area contributed by atoms with E-state index in [9.17, 15) is 4.79 Å². The fraction of sp³-hybridized carbons (Fsp3) is 0.600. The van der Waals surface area contributed by atoms with Crippen LogP contribution in [0.25, 0.3) is 0 Å². The van der Waals surface area contributed by atoms with Gasteiger partial charge in [0, 0.05) is 31.6 Å². The molecular weight excluding hydrogens is 360 g/mol. The Kier molecular flexibility index (Phi) is 8.22. The maximum Gasteiger partial charge on any atom is 0.217 e. The molecule has 0 radical (unpaired) electrons. The molecule has 0 saturated carbocycles. The van der Waals surface area contributed by atoms with Crippen molar-refractivity contribution in [2.24, 2.45) is 16.6 Å². The maximum absolute atomic E-state index is 11.3. The van der Waals surface area contributed by atoms with Gasteiger partial charge in [0.25, 0.3) is 0 Å². The van der Waals surface area contributed by atoms with Crippen LogP contribution in [0.2, 0.25) is 0 Å². The lowest BCUT2D eigenvalue weighted by Gasteiger charge is -2.34. The number of nitrogens with one attached hydrogen (secondary N) is 1. The number of likely N-dealkylation sites (tertiary alicyclic amines) is 1. The van der Waals surface area contributed by atoms with E-state index in [-0.39, 0.29) is 11.8 Å². The van der Waals surface area contributed by atoms with E-state index in [1.165, 1.54) is 0 Å². The Bertz CT molecular complexity index is 693. The third-order valence-electron chi connectivity index (χ3n) is 4.83. The van der Waals surface area contributed by atoms with Crippen molar-refractivity contribution in [3.63, 3.8) is 0 Å². The molecule has 28 heavy (non-hydrogen) atoms. The maximum atomic E-state index is 11.3. The van der Waals surface area contributed by atoms with Gasteiger partial charge in [-0.15, -0.1) is 0 Å². The van der Waals surface area contributed by atoms with Gasteiger partial charge >= 0.3 is 0 Å². The molecule has 8 nitrogen and oxygen atoms in total. The first-order chi connectivity index (χ1) is 13.5. The predicted octanol–water partition coefficient (Wildman–Crippen LogP) is 1.77. The number of rotatable bonds is 8. The van der Waals surface area contributed by atoms with Gasteiger partial charge in [-0.25, -0.2) is 4.99 Å². The number of hydrogen-bond donors (Lipinski definition) is 2. The number of amides is 1. The van der Waals surface area contributed by atoms with Crippen LogP contribution in [0.15, 0.2) is 17.1 Å². The van der Waals surface area contributed by atoms with E-state index >= 15 is 0 Å². The largest absolute Gasteiger partial charge is 0.493 e. The summed E-state index contributed by atoms with van der Waals surface area (Å²) in [6.07, 6.45) is 2.45. The number of hydrogen-bond acceptors (Lipinski definition) is 5. The molecule has 1 aliphatic rings. The van der Waals surface area contributed by atoms with Crippen LogP contribution in [0.4, 0.5) is 0 Å². The van der Waals surface area contributed by atoms with E-state index in [1.807, 2.05) is 19.1 Å². The van der Waals surface area contributed by atoms with Crippen molar-refractivity contribution >= 4 is 11.9 Å². The summed E-state index contributed by atoms with van der Waals surface area (Å²) in [5.41, 5.74) is 6.29. The van der Waals surface area contributed by atoms with Crippen molar-refractivity contribution in [3.05, 3.63) is 17.7 Å². The summed E-state index contributed by atoms with van der Waals surface area (Å²) >= 11 is 0. The summed E-state index contributed by atoms with van der Waals surface area (Å²) in [4.78, 5) is 18.3. The SMILES string of the molecule is CCNC(=NCc1ccc(OC)c(OC)c1OC)N1CCCC(CC(N)=O)C1. The molecule has 1 atom stereocenters. The van der Waals surface area contributed by atoms with Gasteiger partial charge < -0.3 is 30.2 Å². The van der Waals surface area contributed by atoms with Crippen LogP contribution in [0, 0.1) is 5.92 Å². The van der Waals surface area contributed by atoms with Crippen molar-refractivity contribution in [3.8, 4) is 17.2 Å². The summed E-state index contributed by atoms with van der Waals surface area (Å²) < 4.78 is 16.3. The highest BCUT2D eigenvalue weighted by atomic mass is 16.5. The van der Waals surface area contributed by atoms with Crippen molar-refractivity contribution in [1.82, 2.24) is 10.2 Å². The normalized spacial score (nSPS) is 17.2. The van der Waals surface area contributed by atoms with Gasteiger partial charge in [0.05, 0.1) is 27.9 Å². The minimum Gasteiger partial charge on any atom is -0.493 e. The molecule has 2 rings (SSSR count). The Morgan fingerprint density at radius 2 is 2.00 bits per heavy atom. The minimum absolute atomic E-state index is 0.246. The van der Waals surface area contributed by atoms with Gasteiger partial charge in [0.15, 0.2) is 17.5 Å². The number of methoxy groups -OCH3 is 3. The quantitative estimate of drug-likeness (QED) is 0.517. The molecule has 8 heteroatoms. The Balaban J connectivity index is 2.21. The minimum atomic E-state index is -0.246. The number of carbonyl (C=O) groups excluding carboxylic acids is 1. The smallest absolute Gasteiger partial charge is 0.217 e. The van der Waals surface area contributed by atoms with Gasteiger partial charge in [-0.1, -0.05) is 0 Å². The molecule has 0 bridgehead atoms. The average Bonchev–Trinajstić information content (AvgIpc) is 2.69. The number of guanidine groups is 1. The molecule has 1 aliphatic heterocycles. The number of nitrogens with two attached hydrogens (primary N) is 1. The lowest BCUT2D eigenvalue weighted by Crippen LogP contribution is -2.47. The van der Waals surface area contributed by atoms with E-state index in [1.54, 1.807) is 21.3 Å². The van der Waals surface area contributed by atoms with Crippen molar-refractivity contribution in [1.29, 1.82) is 0 Å². The predicted molar refractivity (Wildman–Crippen MR) is 109 cm³/mol. The van der Waals surface area contributed by atoms with E-state index in [4.69, 9.17) is 24.9 Å². The van der Waals surface area contributed by atoms with E-state index in [2.05, 4.69) is 10.2 Å². The highest BCUT2D eigenvalue weighted by Gasteiger charge is 2.24. The van der Waals surface area contributed by atoms with Crippen LogP contribution in [-0.2, 0) is 11.3 Å². The zero-order valence-corrected chi connectivity index (χ0v) is 17.3. The van der Waals surface area contributed by atoms with Gasteiger partial charge in [-0.05, 0) is 37.8 Å². The lowest BCUT2D eigenvalue weighted by atomic mass is 9.95. The highest BCUT2D eigenvalue weighted by Crippen LogP contribution is 2.40. The number of piperidine rings is 1. The Labute approximate surface area is 167 Å². The van der Waals surface area contributed by atoms with Gasteiger partial charge in [0.1, 0.15) is 0 Å². The molecule has 3 N–H and O–H groups in total. The number of primary amides is 1. The van der Waals surface area contributed by atoms with Gasteiger partial charge in [-0.2, -0.15) is 0 Å². The zero-order valence-electron chi connectivity index (χ0n) is 17.3. The monoisotopic (exact) mass is 392 g/mol. The Hall–Kier alpha value is -2.64. The average molecular weight is 393 g/mol. The van der Waals surface area contributed by atoms with Crippen LogP contribution < -0.4 is 25.3 Å². The topological polar surface area (TPSA) is 98.4 Å². The number of ether oxygens (including phenoxy) is 3. The van der Waals surface area contributed by atoms with Gasteiger partial charge in [-0.3, -0.25) is 4.79 Å². The van der Waals surface area contributed by atoms with E-state index in [0.717, 1.165) is 44.0 Å². The molecule has 1 aromatic rings. The number of aliphatic imine (C=N–C) groups is 1. The van der Waals surface area contributed by atoms with Crippen LogP contribution in [-0.4, -0.2) is 57.7 Å². The van der Waals surface area contributed by atoms with Crippen molar-refractivity contribution in [2.45, 2.75) is 32.7 Å². The second-order valence-electron chi connectivity index (χ2n) is 6.79. The first-order valence-corrected chi connectivity index (χ1v) is 9.63. The fourth-order valence-electron chi connectivity index (χ4n) is 3.58. The molecule has 0 aliphatic carbocycles. The first kappa shape index (κ1) is 21.7. The molecule has 1 amide bonds. The van der Waals surface area contributed by atoms with Crippen molar-refractivity contribution < 1.29 is 19.0 Å². The number of carbonyl (C=O) groups is 1. The van der Waals surface area contributed by atoms with Crippen LogP contribution >= 0.6 is 0 Å². The third kappa shape index (κ3) is 5.43. The molecule has 1 fully saturated rings. The molecule has 1 aromatic carbocycles. The summed E-state index contributed by atoms with van der Waals surface area (Å²) in [6, 6.07) is 3.78. The third-order valence-corrected chi connectivity index (χ3v) is 4.83. The Morgan fingerprint density at radius 1 is 1.25 bits per heavy atom. The van der Waals surface area contributed by atoms with E-state index in [0.29, 0.717) is 30.2 Å². The second kappa shape index (κ2) is 10.6.